The van der Waals surface area contributed by atoms with Crippen molar-refractivity contribution in [2.45, 2.75) is 20.8 Å². The third-order valence-electron chi connectivity index (χ3n) is 7.87. The van der Waals surface area contributed by atoms with Crippen LogP contribution < -0.4 is 25.0 Å². The molecule has 178 valence electrons. The zero-order chi connectivity index (χ0) is 25.3. The molecule has 37 heavy (non-hydrogen) atoms. The molecule has 4 heteroatoms. The standard InChI is InChI=1S/C33H27BNOS/c1-20-14-16-26-31-33(37-32(26)29(20)27-18-21(2)22(3)19-35(27)4)34(24-11-6-5-7-12-24)30-25-13-9-8-10-23(25)15-17-28(30)36-31/h5-19H,1-4H3/q+1. The number of fused-ring (bicyclic) bond motifs is 6. The van der Waals surface area contributed by atoms with Gasteiger partial charge in [0.1, 0.15) is 18.5 Å². The van der Waals surface area contributed by atoms with E-state index in [0.29, 0.717) is 0 Å². The molecule has 0 spiro atoms. The Morgan fingerprint density at radius 1 is 0.757 bits per heavy atom. The van der Waals surface area contributed by atoms with E-state index in [0.717, 1.165) is 11.5 Å². The van der Waals surface area contributed by atoms with Crippen LogP contribution in [0.3, 0.4) is 0 Å². The average molecular weight is 496 g/mol. The van der Waals surface area contributed by atoms with Gasteiger partial charge in [-0.05, 0) is 60.3 Å². The third kappa shape index (κ3) is 3.36. The molecule has 0 saturated heterocycles. The number of pyridine rings is 1. The predicted octanol–water partition coefficient (Wildman–Crippen LogP) is 6.09. The van der Waals surface area contributed by atoms with Crippen molar-refractivity contribution in [2.75, 3.05) is 0 Å². The van der Waals surface area contributed by atoms with Gasteiger partial charge in [0.15, 0.2) is 6.20 Å². The minimum Gasteiger partial charge on any atom is -0.457 e. The summed E-state index contributed by atoms with van der Waals surface area (Å²) in [6.07, 6.45) is 2.24. The van der Waals surface area contributed by atoms with Crippen LogP contribution >= 0.6 is 11.3 Å². The fourth-order valence-corrected chi connectivity index (χ4v) is 7.34. The van der Waals surface area contributed by atoms with E-state index in [1.165, 1.54) is 64.5 Å². The van der Waals surface area contributed by atoms with E-state index >= 15 is 0 Å². The van der Waals surface area contributed by atoms with Crippen LogP contribution in [0.1, 0.15) is 16.7 Å². The van der Waals surface area contributed by atoms with Crippen molar-refractivity contribution >= 4 is 54.6 Å². The van der Waals surface area contributed by atoms with Crippen LogP contribution in [-0.4, -0.2) is 6.71 Å². The van der Waals surface area contributed by atoms with Gasteiger partial charge < -0.3 is 4.74 Å². The number of aryl methyl sites for hydroxylation is 4. The van der Waals surface area contributed by atoms with E-state index in [4.69, 9.17) is 4.74 Å². The minimum atomic E-state index is 0.116. The Hall–Kier alpha value is -3.89. The number of aromatic nitrogens is 1. The van der Waals surface area contributed by atoms with E-state index in [1.54, 1.807) is 0 Å². The average Bonchev–Trinajstić information content (AvgIpc) is 3.28. The summed E-state index contributed by atoms with van der Waals surface area (Å²) in [4.78, 5) is 0. The van der Waals surface area contributed by atoms with Crippen LogP contribution in [0.25, 0.3) is 32.1 Å². The van der Waals surface area contributed by atoms with Gasteiger partial charge in [0.25, 0.3) is 6.71 Å². The lowest BCUT2D eigenvalue weighted by Crippen LogP contribution is -2.53. The summed E-state index contributed by atoms with van der Waals surface area (Å²) in [7, 11) is 2.15. The molecule has 0 aliphatic carbocycles. The molecule has 0 radical (unpaired) electrons. The van der Waals surface area contributed by atoms with E-state index in [2.05, 4.69) is 124 Å². The quantitative estimate of drug-likeness (QED) is 0.209. The van der Waals surface area contributed by atoms with Gasteiger partial charge >= 0.3 is 0 Å². The maximum absolute atomic E-state index is 6.80. The van der Waals surface area contributed by atoms with Gasteiger partial charge in [-0.3, -0.25) is 0 Å². The molecule has 2 nitrogen and oxygen atoms in total. The number of hydrogen-bond donors (Lipinski definition) is 0. The first-order valence-electron chi connectivity index (χ1n) is 12.8. The first-order chi connectivity index (χ1) is 18.0. The first-order valence-corrected chi connectivity index (χ1v) is 13.6. The Kier molecular flexibility index (Phi) is 5.02. The highest BCUT2D eigenvalue weighted by Gasteiger charge is 2.37. The van der Waals surface area contributed by atoms with E-state index in [1.807, 2.05) is 11.3 Å². The Labute approximate surface area is 221 Å². The summed E-state index contributed by atoms with van der Waals surface area (Å²) in [5.74, 6) is 1.96. The molecule has 3 heterocycles. The van der Waals surface area contributed by atoms with Gasteiger partial charge in [-0.1, -0.05) is 72.2 Å². The van der Waals surface area contributed by atoms with Gasteiger partial charge in [-0.15, -0.1) is 11.3 Å². The minimum absolute atomic E-state index is 0.116. The van der Waals surface area contributed by atoms with Gasteiger partial charge in [-0.2, -0.15) is 0 Å². The number of rotatable bonds is 2. The molecule has 0 N–H and O–H groups in total. The van der Waals surface area contributed by atoms with Gasteiger partial charge in [0, 0.05) is 21.8 Å². The lowest BCUT2D eigenvalue weighted by atomic mass is 9.38. The highest BCUT2D eigenvalue weighted by Crippen LogP contribution is 2.42. The zero-order valence-corrected chi connectivity index (χ0v) is 22.3. The van der Waals surface area contributed by atoms with Crippen LogP contribution in [0.5, 0.6) is 11.5 Å². The molecule has 4 aromatic carbocycles. The smallest absolute Gasteiger partial charge is 0.264 e. The third-order valence-corrected chi connectivity index (χ3v) is 9.14. The lowest BCUT2D eigenvalue weighted by molar-refractivity contribution is -0.660. The van der Waals surface area contributed by atoms with Crippen LogP contribution in [-0.2, 0) is 7.05 Å². The monoisotopic (exact) mass is 496 g/mol. The molecular weight excluding hydrogens is 469 g/mol. The van der Waals surface area contributed by atoms with Crippen LogP contribution in [0.2, 0.25) is 0 Å². The Morgan fingerprint density at radius 2 is 1.54 bits per heavy atom. The second-order valence-electron chi connectivity index (χ2n) is 10.2. The molecule has 1 aliphatic heterocycles. The fourth-order valence-electron chi connectivity index (χ4n) is 5.87. The van der Waals surface area contributed by atoms with Crippen molar-refractivity contribution in [1.82, 2.24) is 0 Å². The van der Waals surface area contributed by atoms with E-state index < -0.39 is 0 Å². The Morgan fingerprint density at radius 3 is 2.38 bits per heavy atom. The SMILES string of the molecule is Cc1cc(-c2c(C)ccc3c4c(sc23)B(c2ccccc2)c2c(ccc3ccccc23)O4)[n+](C)cc1C. The second kappa shape index (κ2) is 8.32. The maximum Gasteiger partial charge on any atom is 0.264 e. The molecule has 0 unspecified atom stereocenters. The number of nitrogens with zero attached hydrogens (tertiary/aromatic N) is 1. The summed E-state index contributed by atoms with van der Waals surface area (Å²) in [5.41, 5.74) is 8.99. The van der Waals surface area contributed by atoms with Crippen molar-refractivity contribution in [3.8, 4) is 22.8 Å². The van der Waals surface area contributed by atoms with Crippen molar-refractivity contribution in [3.05, 3.63) is 108 Å². The largest absolute Gasteiger partial charge is 0.457 e. The summed E-state index contributed by atoms with van der Waals surface area (Å²) >= 11 is 1.89. The topological polar surface area (TPSA) is 13.1 Å². The highest BCUT2D eigenvalue weighted by molar-refractivity contribution is 7.33. The number of hydrogen-bond acceptors (Lipinski definition) is 2. The number of benzene rings is 4. The van der Waals surface area contributed by atoms with Crippen LogP contribution in [0.4, 0.5) is 0 Å². The molecule has 1 aliphatic rings. The summed E-state index contributed by atoms with van der Waals surface area (Å²) in [6, 6.07) is 30.7. The van der Waals surface area contributed by atoms with Crippen molar-refractivity contribution < 1.29 is 9.30 Å². The molecule has 0 saturated carbocycles. The van der Waals surface area contributed by atoms with Crippen molar-refractivity contribution in [2.24, 2.45) is 7.05 Å². The van der Waals surface area contributed by atoms with Gasteiger partial charge in [-0.25, -0.2) is 4.57 Å². The Bertz CT molecular complexity index is 1850. The van der Waals surface area contributed by atoms with Gasteiger partial charge in [0.2, 0.25) is 5.69 Å². The fraction of sp³-hybridized carbons (Fsp3) is 0.121. The highest BCUT2D eigenvalue weighted by atomic mass is 32.1. The summed E-state index contributed by atoms with van der Waals surface area (Å²) in [6.45, 7) is 6.71. The normalized spacial score (nSPS) is 12.5. The summed E-state index contributed by atoms with van der Waals surface area (Å²) in [5, 5.41) is 3.70. The number of ether oxygens (including phenoxy) is 1. The lowest BCUT2D eigenvalue weighted by Gasteiger charge is -2.26. The van der Waals surface area contributed by atoms with Crippen LogP contribution in [0.15, 0.2) is 91.1 Å². The first kappa shape index (κ1) is 22.3. The molecule has 0 atom stereocenters. The van der Waals surface area contributed by atoms with E-state index in [9.17, 15) is 0 Å². The zero-order valence-electron chi connectivity index (χ0n) is 21.5. The molecule has 2 aromatic heterocycles. The van der Waals surface area contributed by atoms with Crippen molar-refractivity contribution in [3.63, 3.8) is 0 Å². The Balaban J connectivity index is 1.56. The van der Waals surface area contributed by atoms with Crippen LogP contribution in [0, 0.1) is 20.8 Å². The van der Waals surface area contributed by atoms with Crippen molar-refractivity contribution in [1.29, 1.82) is 0 Å². The molecule has 0 bridgehead atoms. The molecule has 7 rings (SSSR count). The molecular formula is C33H27BNOS+. The molecule has 0 fully saturated rings. The van der Waals surface area contributed by atoms with Gasteiger partial charge in [0.05, 0.1) is 10.3 Å². The summed E-state index contributed by atoms with van der Waals surface area (Å²) < 4.78 is 11.6. The molecule has 0 amide bonds. The maximum atomic E-state index is 6.80. The second-order valence-corrected chi connectivity index (χ2v) is 11.3. The number of thiophene rings is 1. The predicted molar refractivity (Wildman–Crippen MR) is 158 cm³/mol. The molecule has 6 aromatic rings. The van der Waals surface area contributed by atoms with E-state index in [-0.39, 0.29) is 6.71 Å².